The zero-order valence-corrected chi connectivity index (χ0v) is 14.7. The van der Waals surface area contributed by atoms with E-state index in [1.165, 1.54) is 11.1 Å². The van der Waals surface area contributed by atoms with Crippen molar-refractivity contribution in [2.45, 2.75) is 13.3 Å². The van der Waals surface area contributed by atoms with Gasteiger partial charge in [0.25, 0.3) is 5.91 Å². The van der Waals surface area contributed by atoms with E-state index in [1.54, 1.807) is 33.2 Å². The van der Waals surface area contributed by atoms with Crippen LogP contribution in [0.1, 0.15) is 23.7 Å². The second-order valence-corrected chi connectivity index (χ2v) is 5.88. The van der Waals surface area contributed by atoms with Gasteiger partial charge in [-0.1, -0.05) is 0 Å². The van der Waals surface area contributed by atoms with Crippen molar-refractivity contribution in [2.24, 2.45) is 5.73 Å². The molecule has 1 aromatic heterocycles. The van der Waals surface area contributed by atoms with Gasteiger partial charge in [0.15, 0.2) is 0 Å². The van der Waals surface area contributed by atoms with Crippen LogP contribution in [0.15, 0.2) is 29.6 Å². The van der Waals surface area contributed by atoms with Gasteiger partial charge in [0.1, 0.15) is 11.5 Å². The summed E-state index contributed by atoms with van der Waals surface area (Å²) < 4.78 is 4.88. The maximum absolute atomic E-state index is 11.9. The number of nitrogens with one attached hydrogen (secondary N) is 1. The Kier molecular flexibility index (Phi) is 5.74. The molecule has 1 aliphatic rings. The number of nitrogens with two attached hydrogens (primary N) is 1. The minimum atomic E-state index is -0.679. The summed E-state index contributed by atoms with van der Waals surface area (Å²) in [6.45, 7) is 2.83. The van der Waals surface area contributed by atoms with Crippen LogP contribution in [-0.4, -0.2) is 61.3 Å². The number of rotatable bonds is 5. The molecule has 1 aliphatic heterocycles. The summed E-state index contributed by atoms with van der Waals surface area (Å²) >= 11 is 0. The zero-order valence-electron chi connectivity index (χ0n) is 14.7. The van der Waals surface area contributed by atoms with Crippen LogP contribution in [0.4, 0.5) is 5.82 Å². The van der Waals surface area contributed by atoms with Crippen molar-refractivity contribution in [2.75, 3.05) is 38.7 Å². The Hall–Kier alpha value is -2.90. The van der Waals surface area contributed by atoms with Gasteiger partial charge in [-0.2, -0.15) is 0 Å². The average molecular weight is 345 g/mol. The van der Waals surface area contributed by atoms with E-state index in [0.29, 0.717) is 42.2 Å². The number of esters is 1. The van der Waals surface area contributed by atoms with Gasteiger partial charge in [-0.25, -0.2) is 9.78 Å². The van der Waals surface area contributed by atoms with Crippen molar-refractivity contribution < 1.29 is 14.3 Å². The Morgan fingerprint density at radius 1 is 1.40 bits per heavy atom. The summed E-state index contributed by atoms with van der Waals surface area (Å²) in [6, 6.07) is 3.46. The molecule has 0 aliphatic carbocycles. The fourth-order valence-corrected chi connectivity index (χ4v) is 2.50. The quantitative estimate of drug-likeness (QED) is 0.603. The Morgan fingerprint density at radius 3 is 2.68 bits per heavy atom. The average Bonchev–Trinajstić information content (AvgIpc) is 2.61. The Labute approximate surface area is 146 Å². The summed E-state index contributed by atoms with van der Waals surface area (Å²) in [5, 5.41) is 8.00. The molecule has 3 N–H and O–H groups in total. The first kappa shape index (κ1) is 18.4. The molecule has 25 heavy (non-hydrogen) atoms. The Bertz CT molecular complexity index is 709. The molecule has 2 heterocycles. The van der Waals surface area contributed by atoms with E-state index in [4.69, 9.17) is 15.9 Å². The van der Waals surface area contributed by atoms with Crippen LogP contribution >= 0.6 is 0 Å². The summed E-state index contributed by atoms with van der Waals surface area (Å²) in [6.07, 6.45) is 2.05. The number of ether oxygens (including phenoxy) is 1. The molecule has 8 heteroatoms. The zero-order chi connectivity index (χ0) is 18.6. The van der Waals surface area contributed by atoms with E-state index in [1.807, 2.05) is 4.90 Å². The van der Waals surface area contributed by atoms with Gasteiger partial charge >= 0.3 is 5.97 Å². The minimum absolute atomic E-state index is 0.119. The SMILES string of the molecule is CCOC(=O)C(=N)C1=C(N)CCN(c2ccc(C(=O)N(C)C)cn2)C1. The lowest BCUT2D eigenvalue weighted by molar-refractivity contribution is -0.135. The maximum atomic E-state index is 11.9. The van der Waals surface area contributed by atoms with Gasteiger partial charge in [-0.05, 0) is 19.1 Å². The molecule has 0 saturated carbocycles. The minimum Gasteiger partial charge on any atom is -0.461 e. The fourth-order valence-electron chi connectivity index (χ4n) is 2.50. The number of hydrogen-bond donors (Lipinski definition) is 2. The lowest BCUT2D eigenvalue weighted by Gasteiger charge is -2.30. The summed E-state index contributed by atoms with van der Waals surface area (Å²) in [5.41, 5.74) is 7.25. The summed E-state index contributed by atoms with van der Waals surface area (Å²) in [7, 11) is 3.36. The van der Waals surface area contributed by atoms with E-state index in [0.717, 1.165) is 0 Å². The highest BCUT2D eigenvalue weighted by molar-refractivity contribution is 6.42. The largest absolute Gasteiger partial charge is 0.461 e. The predicted molar refractivity (Wildman–Crippen MR) is 94.7 cm³/mol. The van der Waals surface area contributed by atoms with Crippen LogP contribution in [0.3, 0.4) is 0 Å². The summed E-state index contributed by atoms with van der Waals surface area (Å²) in [4.78, 5) is 31.5. The van der Waals surface area contributed by atoms with Crippen LogP contribution in [0.25, 0.3) is 0 Å². The molecule has 1 amide bonds. The van der Waals surface area contributed by atoms with Gasteiger partial charge in [-0.15, -0.1) is 0 Å². The number of anilines is 1. The first-order valence-electron chi connectivity index (χ1n) is 8.01. The number of amides is 1. The number of aromatic nitrogens is 1. The van der Waals surface area contributed by atoms with E-state index in [9.17, 15) is 9.59 Å². The molecule has 8 nitrogen and oxygen atoms in total. The van der Waals surface area contributed by atoms with E-state index in [2.05, 4.69) is 4.98 Å². The topological polar surface area (TPSA) is 113 Å². The molecule has 0 aromatic carbocycles. The maximum Gasteiger partial charge on any atom is 0.356 e. The highest BCUT2D eigenvalue weighted by Crippen LogP contribution is 2.21. The molecule has 0 atom stereocenters. The molecule has 0 unspecified atom stereocenters. The van der Waals surface area contributed by atoms with Crippen molar-refractivity contribution >= 4 is 23.4 Å². The first-order chi connectivity index (χ1) is 11.8. The monoisotopic (exact) mass is 345 g/mol. The molecule has 0 radical (unpaired) electrons. The molecule has 0 bridgehead atoms. The lowest BCUT2D eigenvalue weighted by Crippen LogP contribution is -2.38. The highest BCUT2D eigenvalue weighted by Gasteiger charge is 2.25. The van der Waals surface area contributed by atoms with Gasteiger partial charge in [0.2, 0.25) is 0 Å². The molecule has 0 fully saturated rings. The van der Waals surface area contributed by atoms with Crippen LogP contribution in [-0.2, 0) is 9.53 Å². The smallest absolute Gasteiger partial charge is 0.356 e. The van der Waals surface area contributed by atoms with Gasteiger partial charge in [0, 0.05) is 51.1 Å². The highest BCUT2D eigenvalue weighted by atomic mass is 16.5. The van der Waals surface area contributed by atoms with E-state index >= 15 is 0 Å². The fraction of sp³-hybridized carbons (Fsp3) is 0.412. The van der Waals surface area contributed by atoms with Crippen molar-refractivity contribution in [3.63, 3.8) is 0 Å². The first-order valence-corrected chi connectivity index (χ1v) is 8.01. The number of pyridine rings is 1. The van der Waals surface area contributed by atoms with Gasteiger partial charge in [-0.3, -0.25) is 10.2 Å². The second-order valence-electron chi connectivity index (χ2n) is 5.88. The number of carbonyl (C=O) groups is 2. The number of nitrogens with zero attached hydrogens (tertiary/aromatic N) is 3. The van der Waals surface area contributed by atoms with Crippen LogP contribution in [0, 0.1) is 5.41 Å². The van der Waals surface area contributed by atoms with Crippen molar-refractivity contribution in [1.29, 1.82) is 5.41 Å². The second kappa shape index (κ2) is 7.78. The van der Waals surface area contributed by atoms with Crippen molar-refractivity contribution in [3.8, 4) is 0 Å². The van der Waals surface area contributed by atoms with Crippen LogP contribution in [0.2, 0.25) is 0 Å². The van der Waals surface area contributed by atoms with E-state index in [-0.39, 0.29) is 18.2 Å². The molecule has 0 saturated heterocycles. The lowest BCUT2D eigenvalue weighted by atomic mass is 10.0. The predicted octanol–water partition coefficient (Wildman–Crippen LogP) is 0.789. The van der Waals surface area contributed by atoms with Crippen molar-refractivity contribution in [1.82, 2.24) is 9.88 Å². The number of hydrogen-bond acceptors (Lipinski definition) is 7. The number of carbonyl (C=O) groups excluding carboxylic acids is 2. The molecule has 0 spiro atoms. The van der Waals surface area contributed by atoms with Crippen LogP contribution < -0.4 is 10.6 Å². The Balaban J connectivity index is 2.16. The van der Waals surface area contributed by atoms with E-state index < -0.39 is 5.97 Å². The third-order valence-electron chi connectivity index (χ3n) is 3.89. The molecule has 2 rings (SSSR count). The van der Waals surface area contributed by atoms with Gasteiger partial charge in [0.05, 0.1) is 12.2 Å². The molecular weight excluding hydrogens is 322 g/mol. The molecule has 1 aromatic rings. The van der Waals surface area contributed by atoms with Crippen molar-refractivity contribution in [3.05, 3.63) is 35.2 Å². The standard InChI is InChI=1S/C17H23N5O3/c1-4-25-17(24)15(19)12-10-22(8-7-13(12)18)14-6-5-11(9-20-14)16(23)21(2)3/h5-6,9,19H,4,7-8,10,18H2,1-3H3. The normalized spacial score (nSPS) is 14.3. The third kappa shape index (κ3) is 4.14. The molecule has 134 valence electrons. The molecular formula is C17H23N5O3. The van der Waals surface area contributed by atoms with Crippen LogP contribution in [0.5, 0.6) is 0 Å². The Morgan fingerprint density at radius 2 is 2.12 bits per heavy atom. The summed E-state index contributed by atoms with van der Waals surface area (Å²) in [5.74, 6) is -0.134. The van der Waals surface area contributed by atoms with Gasteiger partial charge < -0.3 is 20.3 Å². The third-order valence-corrected chi connectivity index (χ3v) is 3.89.